The number of pyridine rings is 2. The van der Waals surface area contributed by atoms with E-state index in [1.165, 1.54) is 12.1 Å². The number of aromatic nitrogens is 6. The molecule has 0 fully saturated rings. The molecule has 13 heteroatoms. The first-order valence-electron chi connectivity index (χ1n) is 14.6. The topological polar surface area (TPSA) is 158 Å². The van der Waals surface area contributed by atoms with Gasteiger partial charge in [-0.05, 0) is 64.7 Å². The van der Waals surface area contributed by atoms with Crippen molar-refractivity contribution in [1.82, 2.24) is 34.9 Å². The van der Waals surface area contributed by atoms with Crippen molar-refractivity contribution in [2.24, 2.45) is 0 Å². The summed E-state index contributed by atoms with van der Waals surface area (Å²) in [5.41, 5.74) is 7.10. The molecule has 0 radical (unpaired) electrons. The lowest BCUT2D eigenvalue weighted by molar-refractivity contribution is -0.115. The van der Waals surface area contributed by atoms with E-state index in [4.69, 9.17) is 4.98 Å². The number of benzene rings is 3. The second-order valence-electron chi connectivity index (χ2n) is 11.1. The summed E-state index contributed by atoms with van der Waals surface area (Å²) >= 11 is 0. The van der Waals surface area contributed by atoms with Gasteiger partial charge >= 0.3 is 0 Å². The average molecular weight is 647 g/mol. The van der Waals surface area contributed by atoms with E-state index in [0.717, 1.165) is 33.8 Å². The van der Waals surface area contributed by atoms with Crippen molar-refractivity contribution >= 4 is 43.7 Å². The predicted molar refractivity (Wildman–Crippen MR) is 178 cm³/mol. The number of H-pyrrole nitrogens is 2. The number of rotatable bonds is 9. The van der Waals surface area contributed by atoms with Crippen LogP contribution in [0.1, 0.15) is 11.1 Å². The van der Waals surface area contributed by atoms with Crippen LogP contribution in [0.15, 0.2) is 97.5 Å². The zero-order chi connectivity index (χ0) is 32.5. The number of halogens is 1. The zero-order valence-corrected chi connectivity index (χ0v) is 25.8. The quantitative estimate of drug-likeness (QED) is 0.159. The fourth-order valence-electron chi connectivity index (χ4n) is 5.40. The first kappa shape index (κ1) is 29.9. The van der Waals surface area contributed by atoms with E-state index in [-0.39, 0.29) is 18.9 Å². The van der Waals surface area contributed by atoms with Gasteiger partial charge in [-0.1, -0.05) is 36.4 Å². The molecule has 3 aromatic carbocycles. The molecular formula is C34H27FN8O3S. The maximum atomic E-state index is 14.6. The van der Waals surface area contributed by atoms with E-state index in [2.05, 4.69) is 35.2 Å². The Kier molecular flexibility index (Phi) is 7.75. The molecule has 0 aliphatic carbocycles. The molecule has 47 heavy (non-hydrogen) atoms. The molecule has 234 valence electrons. The van der Waals surface area contributed by atoms with E-state index in [1.807, 2.05) is 54.6 Å². The van der Waals surface area contributed by atoms with Gasteiger partial charge in [0.15, 0.2) is 11.5 Å². The van der Waals surface area contributed by atoms with Crippen LogP contribution in [0.4, 0.5) is 10.1 Å². The van der Waals surface area contributed by atoms with Crippen molar-refractivity contribution in [2.45, 2.75) is 13.0 Å². The van der Waals surface area contributed by atoms with E-state index in [1.54, 1.807) is 30.7 Å². The van der Waals surface area contributed by atoms with Crippen molar-refractivity contribution in [2.75, 3.05) is 11.6 Å². The van der Waals surface area contributed by atoms with E-state index < -0.39 is 15.8 Å². The van der Waals surface area contributed by atoms with Crippen LogP contribution in [0.25, 0.3) is 55.8 Å². The van der Waals surface area contributed by atoms with Crippen molar-refractivity contribution < 1.29 is 17.6 Å². The highest BCUT2D eigenvalue weighted by atomic mass is 32.2. The number of hydrogen-bond acceptors (Lipinski definition) is 7. The van der Waals surface area contributed by atoms with Gasteiger partial charge in [-0.3, -0.25) is 14.9 Å². The molecule has 0 atom stereocenters. The fourth-order valence-corrected chi connectivity index (χ4v) is 5.83. The van der Waals surface area contributed by atoms with Crippen molar-refractivity contribution in [3.8, 4) is 33.8 Å². The average Bonchev–Trinajstić information content (AvgIpc) is 3.68. The number of anilines is 1. The highest BCUT2D eigenvalue weighted by Gasteiger charge is 2.18. The fraction of sp³-hybridized carbons (Fsp3) is 0.0882. The molecule has 0 saturated heterocycles. The van der Waals surface area contributed by atoms with Gasteiger partial charge in [0.05, 0.1) is 30.1 Å². The number of nitrogens with one attached hydrogen (secondary N) is 4. The van der Waals surface area contributed by atoms with Crippen LogP contribution in [-0.2, 0) is 27.8 Å². The summed E-state index contributed by atoms with van der Waals surface area (Å²) in [7, 11) is -3.46. The van der Waals surface area contributed by atoms with Crippen LogP contribution in [-0.4, -0.2) is 50.7 Å². The Morgan fingerprint density at radius 3 is 2.60 bits per heavy atom. The van der Waals surface area contributed by atoms with E-state index in [0.29, 0.717) is 45.1 Å². The van der Waals surface area contributed by atoms with Gasteiger partial charge in [0.1, 0.15) is 17.0 Å². The third-order valence-electron chi connectivity index (χ3n) is 7.54. The lowest BCUT2D eigenvalue weighted by Crippen LogP contribution is -2.21. The summed E-state index contributed by atoms with van der Waals surface area (Å²) in [4.78, 5) is 29.5. The Balaban J connectivity index is 1.20. The van der Waals surface area contributed by atoms with Crippen LogP contribution >= 0.6 is 0 Å². The molecule has 4 N–H and O–H groups in total. The van der Waals surface area contributed by atoms with Crippen molar-refractivity contribution in [1.29, 1.82) is 0 Å². The molecule has 0 aliphatic rings. The summed E-state index contributed by atoms with van der Waals surface area (Å²) < 4.78 is 40.2. The maximum absolute atomic E-state index is 14.6. The minimum atomic E-state index is -3.46. The molecule has 4 aromatic heterocycles. The molecular weight excluding hydrogens is 619 g/mol. The van der Waals surface area contributed by atoms with Gasteiger partial charge in [0.25, 0.3) is 0 Å². The predicted octanol–water partition coefficient (Wildman–Crippen LogP) is 5.60. The smallest absolute Gasteiger partial charge is 0.228 e. The second-order valence-corrected chi connectivity index (χ2v) is 12.9. The first-order valence-corrected chi connectivity index (χ1v) is 16.4. The minimum Gasteiger partial charge on any atom is -0.324 e. The third kappa shape index (κ3) is 6.61. The molecule has 0 bridgehead atoms. The van der Waals surface area contributed by atoms with Crippen molar-refractivity contribution in [3.05, 3.63) is 114 Å². The minimum absolute atomic E-state index is 0.0519. The highest BCUT2D eigenvalue weighted by molar-refractivity contribution is 7.88. The monoisotopic (exact) mass is 646 g/mol. The largest absolute Gasteiger partial charge is 0.324 e. The van der Waals surface area contributed by atoms with Crippen LogP contribution < -0.4 is 10.0 Å². The molecule has 0 unspecified atom stereocenters. The number of aromatic amines is 2. The first-order chi connectivity index (χ1) is 22.7. The number of sulfonamides is 1. The Morgan fingerprint density at radius 1 is 0.915 bits per heavy atom. The Bertz CT molecular complexity index is 2390. The number of carbonyl (C=O) groups excluding carboxylic acids is 1. The molecule has 0 saturated carbocycles. The lowest BCUT2D eigenvalue weighted by Gasteiger charge is -2.08. The molecule has 7 rings (SSSR count). The van der Waals surface area contributed by atoms with Crippen molar-refractivity contribution in [3.63, 3.8) is 0 Å². The van der Waals surface area contributed by atoms with Crippen LogP contribution in [0.3, 0.4) is 0 Å². The van der Waals surface area contributed by atoms with Gasteiger partial charge in [0.2, 0.25) is 15.9 Å². The zero-order valence-electron chi connectivity index (χ0n) is 25.0. The Morgan fingerprint density at radius 2 is 1.77 bits per heavy atom. The van der Waals surface area contributed by atoms with Gasteiger partial charge in [-0.15, -0.1) is 0 Å². The standard InChI is InChI=1S/C34H27FN8O3S/c1-47(45,46)38-17-21-11-23(14-25(35)12-21)27-9-10-37-33-31(27)40-34(41-33)32-28-16-22(7-8-29(28)42-43-32)24-15-26(19-36-18-24)39-30(44)13-20-5-3-2-4-6-20/h2-12,14-16,18-19,38H,13,17H2,1H3,(H,39,44)(H,42,43)(H,37,40,41). The SMILES string of the molecule is CS(=O)(=O)NCc1cc(F)cc(-c2ccnc3[nH]c(-c4n[nH]c5ccc(-c6cncc(NC(=O)Cc7ccccc7)c6)cc45)nc23)c1. The number of nitrogens with zero attached hydrogens (tertiary/aromatic N) is 4. The van der Waals surface area contributed by atoms with Crippen LogP contribution in [0, 0.1) is 5.82 Å². The van der Waals surface area contributed by atoms with Gasteiger partial charge in [-0.2, -0.15) is 5.10 Å². The molecule has 4 heterocycles. The maximum Gasteiger partial charge on any atom is 0.228 e. The molecule has 0 aliphatic heterocycles. The number of hydrogen-bond donors (Lipinski definition) is 4. The molecule has 7 aromatic rings. The Hall–Kier alpha value is -5.79. The van der Waals surface area contributed by atoms with E-state index in [9.17, 15) is 17.6 Å². The summed E-state index contributed by atoms with van der Waals surface area (Å²) in [6, 6.07) is 23.3. The van der Waals surface area contributed by atoms with Gasteiger partial charge in [-0.25, -0.2) is 27.5 Å². The number of fused-ring (bicyclic) bond motifs is 2. The lowest BCUT2D eigenvalue weighted by atomic mass is 10.0. The molecule has 0 spiro atoms. The molecule has 11 nitrogen and oxygen atoms in total. The summed E-state index contributed by atoms with van der Waals surface area (Å²) in [6.45, 7) is -0.0519. The summed E-state index contributed by atoms with van der Waals surface area (Å²) in [5, 5.41) is 11.3. The third-order valence-corrected chi connectivity index (χ3v) is 8.21. The van der Waals surface area contributed by atoms with Crippen LogP contribution in [0.2, 0.25) is 0 Å². The van der Waals surface area contributed by atoms with Crippen LogP contribution in [0.5, 0.6) is 0 Å². The van der Waals surface area contributed by atoms with Gasteiger partial charge < -0.3 is 10.3 Å². The number of amides is 1. The normalized spacial score (nSPS) is 11.7. The summed E-state index contributed by atoms with van der Waals surface area (Å²) in [6.07, 6.45) is 6.23. The van der Waals surface area contributed by atoms with E-state index >= 15 is 0 Å². The highest BCUT2D eigenvalue weighted by Crippen LogP contribution is 2.33. The number of imidazole rings is 1. The van der Waals surface area contributed by atoms with Gasteiger partial charge in [0, 0.05) is 35.5 Å². The Labute approximate surface area is 268 Å². The summed E-state index contributed by atoms with van der Waals surface area (Å²) in [5.74, 6) is -0.187. The molecule has 1 amide bonds. The second kappa shape index (κ2) is 12.2. The number of carbonyl (C=O) groups is 1.